The van der Waals surface area contributed by atoms with Gasteiger partial charge in [-0.3, -0.25) is 4.79 Å². The average molecular weight is 327 g/mol. The Morgan fingerprint density at radius 2 is 1.83 bits per heavy atom. The van der Waals surface area contributed by atoms with Crippen molar-refractivity contribution in [3.05, 3.63) is 59.4 Å². The molecule has 1 amide bonds. The lowest BCUT2D eigenvalue weighted by Gasteiger charge is -2.20. The van der Waals surface area contributed by atoms with Crippen molar-refractivity contribution in [1.29, 1.82) is 0 Å². The van der Waals surface area contributed by atoms with Crippen molar-refractivity contribution in [2.45, 2.75) is 45.1 Å². The van der Waals surface area contributed by atoms with Gasteiger partial charge in [-0.15, -0.1) is 0 Å². The Morgan fingerprint density at radius 3 is 2.54 bits per heavy atom. The highest BCUT2D eigenvalue weighted by molar-refractivity contribution is 5.94. The summed E-state index contributed by atoms with van der Waals surface area (Å²) in [6.45, 7) is 1.91. The third-order valence-electron chi connectivity index (χ3n) is 4.37. The number of benzene rings is 2. The van der Waals surface area contributed by atoms with Crippen LogP contribution in [0.3, 0.4) is 0 Å². The summed E-state index contributed by atoms with van der Waals surface area (Å²) >= 11 is 0. The van der Waals surface area contributed by atoms with E-state index >= 15 is 0 Å². The molecule has 0 saturated heterocycles. The van der Waals surface area contributed by atoms with Crippen LogP contribution >= 0.6 is 0 Å². The van der Waals surface area contributed by atoms with Gasteiger partial charge in [-0.1, -0.05) is 13.0 Å². The second-order valence-electron chi connectivity index (χ2n) is 6.15. The molecule has 2 aromatic carbocycles. The molecule has 4 heteroatoms. The number of hydrogen-bond acceptors (Lipinski definition) is 2. The molecule has 2 aromatic rings. The molecular weight excluding hydrogens is 305 g/mol. The standard InChI is InChI=1S/C20H22FNO2/c1-2-19(20(23)22-17-10-8-16(21)9-11-17)24-18-12-7-14-5-3-4-6-15(14)13-18/h7-13,19H,2-6H2,1H3,(H,22,23). The van der Waals surface area contributed by atoms with Crippen LogP contribution in [0.15, 0.2) is 42.5 Å². The molecule has 1 aliphatic carbocycles. The van der Waals surface area contributed by atoms with E-state index in [0.717, 1.165) is 18.6 Å². The van der Waals surface area contributed by atoms with Crippen LogP contribution in [0, 0.1) is 5.82 Å². The SMILES string of the molecule is CCC(Oc1ccc2c(c1)CCCC2)C(=O)Nc1ccc(F)cc1. The van der Waals surface area contributed by atoms with Gasteiger partial charge in [0.05, 0.1) is 0 Å². The predicted octanol–water partition coefficient (Wildman–Crippen LogP) is 4.50. The zero-order valence-corrected chi connectivity index (χ0v) is 13.8. The van der Waals surface area contributed by atoms with Crippen LogP contribution in [0.1, 0.15) is 37.3 Å². The lowest BCUT2D eigenvalue weighted by atomic mass is 9.92. The van der Waals surface area contributed by atoms with E-state index in [-0.39, 0.29) is 11.7 Å². The highest BCUT2D eigenvalue weighted by Gasteiger charge is 2.19. The summed E-state index contributed by atoms with van der Waals surface area (Å²) < 4.78 is 18.8. The van der Waals surface area contributed by atoms with Gasteiger partial charge in [0.1, 0.15) is 11.6 Å². The largest absolute Gasteiger partial charge is 0.481 e. The normalized spacial score (nSPS) is 14.6. The molecule has 1 N–H and O–H groups in total. The van der Waals surface area contributed by atoms with Crippen LogP contribution in [0.4, 0.5) is 10.1 Å². The average Bonchev–Trinajstić information content (AvgIpc) is 2.61. The molecule has 0 radical (unpaired) electrons. The summed E-state index contributed by atoms with van der Waals surface area (Å²) in [5.74, 6) is 0.184. The molecule has 1 aliphatic rings. The number of amides is 1. The van der Waals surface area contributed by atoms with E-state index in [1.807, 2.05) is 13.0 Å². The number of fused-ring (bicyclic) bond motifs is 1. The van der Waals surface area contributed by atoms with Crippen LogP contribution in [0.25, 0.3) is 0 Å². The second-order valence-corrected chi connectivity index (χ2v) is 6.15. The van der Waals surface area contributed by atoms with Crippen LogP contribution in [-0.4, -0.2) is 12.0 Å². The summed E-state index contributed by atoms with van der Waals surface area (Å²) in [6.07, 6.45) is 4.63. The molecule has 1 atom stereocenters. The number of halogens is 1. The summed E-state index contributed by atoms with van der Waals surface area (Å²) in [5.41, 5.74) is 3.28. The van der Waals surface area contributed by atoms with Crippen LogP contribution in [-0.2, 0) is 17.6 Å². The molecule has 3 nitrogen and oxygen atoms in total. The maximum atomic E-state index is 12.9. The Balaban J connectivity index is 1.67. The van der Waals surface area contributed by atoms with Gasteiger partial charge in [0, 0.05) is 5.69 Å². The van der Waals surface area contributed by atoms with E-state index < -0.39 is 6.10 Å². The minimum Gasteiger partial charge on any atom is -0.481 e. The van der Waals surface area contributed by atoms with Gasteiger partial charge in [0.15, 0.2) is 6.10 Å². The molecule has 1 unspecified atom stereocenters. The predicted molar refractivity (Wildman–Crippen MR) is 92.8 cm³/mol. The maximum absolute atomic E-state index is 12.9. The van der Waals surface area contributed by atoms with Crippen molar-refractivity contribution in [3.8, 4) is 5.75 Å². The van der Waals surface area contributed by atoms with E-state index in [0.29, 0.717) is 12.1 Å². The summed E-state index contributed by atoms with van der Waals surface area (Å²) in [4.78, 5) is 12.4. The van der Waals surface area contributed by atoms with Gasteiger partial charge in [-0.25, -0.2) is 4.39 Å². The molecule has 0 aliphatic heterocycles. The molecule has 0 fully saturated rings. The first-order valence-electron chi connectivity index (χ1n) is 8.50. The van der Waals surface area contributed by atoms with Gasteiger partial charge >= 0.3 is 0 Å². The summed E-state index contributed by atoms with van der Waals surface area (Å²) in [7, 11) is 0. The monoisotopic (exact) mass is 327 g/mol. The van der Waals surface area contributed by atoms with Crippen LogP contribution in [0.2, 0.25) is 0 Å². The molecule has 0 heterocycles. The van der Waals surface area contributed by atoms with Gasteiger partial charge in [-0.05, 0) is 79.6 Å². The third-order valence-corrected chi connectivity index (χ3v) is 4.37. The molecule has 0 spiro atoms. The molecule has 0 saturated carbocycles. The highest BCUT2D eigenvalue weighted by Crippen LogP contribution is 2.26. The number of carbonyl (C=O) groups is 1. The number of anilines is 1. The van der Waals surface area contributed by atoms with Crippen molar-refractivity contribution in [2.75, 3.05) is 5.32 Å². The Labute approximate surface area is 141 Å². The molecule has 3 rings (SSSR count). The first-order valence-corrected chi connectivity index (χ1v) is 8.50. The Morgan fingerprint density at radius 1 is 1.12 bits per heavy atom. The number of rotatable bonds is 5. The minimum atomic E-state index is -0.573. The zero-order valence-electron chi connectivity index (χ0n) is 13.8. The van der Waals surface area contributed by atoms with Gasteiger partial charge in [0.2, 0.25) is 0 Å². The summed E-state index contributed by atoms with van der Waals surface area (Å²) in [6, 6.07) is 11.8. The van der Waals surface area contributed by atoms with E-state index in [1.54, 1.807) is 12.1 Å². The Hall–Kier alpha value is -2.36. The van der Waals surface area contributed by atoms with Crippen LogP contribution < -0.4 is 10.1 Å². The van der Waals surface area contributed by atoms with E-state index in [4.69, 9.17) is 4.74 Å². The molecule has 24 heavy (non-hydrogen) atoms. The van der Waals surface area contributed by atoms with E-state index in [9.17, 15) is 9.18 Å². The fourth-order valence-corrected chi connectivity index (χ4v) is 3.03. The molecule has 0 aromatic heterocycles. The third kappa shape index (κ3) is 3.94. The Kier molecular flexibility index (Phi) is 5.14. The lowest BCUT2D eigenvalue weighted by Crippen LogP contribution is -2.32. The van der Waals surface area contributed by atoms with Crippen molar-refractivity contribution >= 4 is 11.6 Å². The molecular formula is C20H22FNO2. The van der Waals surface area contributed by atoms with Crippen LogP contribution in [0.5, 0.6) is 5.75 Å². The highest BCUT2D eigenvalue weighted by atomic mass is 19.1. The maximum Gasteiger partial charge on any atom is 0.265 e. The van der Waals surface area contributed by atoms with Gasteiger partial charge < -0.3 is 10.1 Å². The second kappa shape index (κ2) is 7.47. The molecule has 0 bridgehead atoms. The Bertz CT molecular complexity index is 712. The first kappa shape index (κ1) is 16.5. The smallest absolute Gasteiger partial charge is 0.265 e. The topological polar surface area (TPSA) is 38.3 Å². The number of hydrogen-bond donors (Lipinski definition) is 1. The zero-order chi connectivity index (χ0) is 16.9. The fourth-order valence-electron chi connectivity index (χ4n) is 3.03. The summed E-state index contributed by atoms with van der Waals surface area (Å²) in [5, 5.41) is 2.77. The quantitative estimate of drug-likeness (QED) is 0.878. The molecule has 126 valence electrons. The van der Waals surface area contributed by atoms with E-state index in [1.165, 1.54) is 36.1 Å². The van der Waals surface area contributed by atoms with Crippen molar-refractivity contribution in [1.82, 2.24) is 0 Å². The minimum absolute atomic E-state index is 0.221. The first-order chi connectivity index (χ1) is 11.7. The number of aryl methyl sites for hydroxylation is 2. The van der Waals surface area contributed by atoms with Gasteiger partial charge in [-0.2, -0.15) is 0 Å². The van der Waals surface area contributed by atoms with Crippen molar-refractivity contribution < 1.29 is 13.9 Å². The number of carbonyl (C=O) groups excluding carboxylic acids is 1. The number of ether oxygens (including phenoxy) is 1. The number of nitrogens with one attached hydrogen (secondary N) is 1. The van der Waals surface area contributed by atoms with Crippen molar-refractivity contribution in [2.24, 2.45) is 0 Å². The lowest BCUT2D eigenvalue weighted by molar-refractivity contribution is -0.122. The van der Waals surface area contributed by atoms with E-state index in [2.05, 4.69) is 17.4 Å². The van der Waals surface area contributed by atoms with Crippen molar-refractivity contribution in [3.63, 3.8) is 0 Å². The fraction of sp³-hybridized carbons (Fsp3) is 0.350. The van der Waals surface area contributed by atoms with Gasteiger partial charge in [0.25, 0.3) is 5.91 Å².